The monoisotopic (exact) mass is 347 g/mol. The molecule has 3 aromatic rings. The number of carbonyl (C=O) groups is 2. The van der Waals surface area contributed by atoms with Crippen molar-refractivity contribution >= 4 is 17.4 Å². The van der Waals surface area contributed by atoms with Crippen LogP contribution in [0.2, 0.25) is 0 Å². The maximum absolute atomic E-state index is 12.5. The quantitative estimate of drug-likeness (QED) is 0.671. The molecule has 1 heterocycles. The van der Waals surface area contributed by atoms with Gasteiger partial charge in [0, 0.05) is 16.8 Å². The minimum atomic E-state index is -0.343. The molecule has 3 rings (SSSR count). The van der Waals surface area contributed by atoms with Crippen molar-refractivity contribution in [2.45, 2.75) is 26.2 Å². The zero-order valence-electron chi connectivity index (χ0n) is 15.1. The summed E-state index contributed by atoms with van der Waals surface area (Å²) in [5, 5.41) is 2.78. The second-order valence-corrected chi connectivity index (χ2v) is 7.18. The average Bonchev–Trinajstić information content (AvgIpc) is 3.13. The van der Waals surface area contributed by atoms with Gasteiger partial charge in [0.1, 0.15) is 0 Å². The van der Waals surface area contributed by atoms with Crippen LogP contribution in [0.3, 0.4) is 0 Å². The van der Waals surface area contributed by atoms with Gasteiger partial charge in [-0.15, -0.1) is 0 Å². The van der Waals surface area contributed by atoms with E-state index in [-0.39, 0.29) is 22.9 Å². The number of anilines is 1. The number of hydrogen-bond acceptors (Lipinski definition) is 3. The molecule has 0 radical (unpaired) electrons. The van der Waals surface area contributed by atoms with Crippen LogP contribution in [-0.2, 0) is 5.41 Å². The molecule has 0 spiro atoms. The molecule has 0 atom stereocenters. The summed E-state index contributed by atoms with van der Waals surface area (Å²) in [6, 6.07) is 17.7. The van der Waals surface area contributed by atoms with Crippen molar-refractivity contribution in [3.05, 3.63) is 89.4 Å². The summed E-state index contributed by atoms with van der Waals surface area (Å²) in [4.78, 5) is 25.0. The molecule has 0 aliphatic rings. The molecule has 0 bridgehead atoms. The van der Waals surface area contributed by atoms with E-state index in [4.69, 9.17) is 4.42 Å². The van der Waals surface area contributed by atoms with Gasteiger partial charge in [-0.2, -0.15) is 0 Å². The molecule has 132 valence electrons. The number of benzene rings is 2. The van der Waals surface area contributed by atoms with Crippen LogP contribution in [-0.4, -0.2) is 11.7 Å². The first-order chi connectivity index (χ1) is 12.3. The molecule has 0 unspecified atom stereocenters. The Bertz CT molecular complexity index is 933. The third-order valence-electron chi connectivity index (χ3n) is 4.11. The van der Waals surface area contributed by atoms with Gasteiger partial charge >= 0.3 is 0 Å². The predicted molar refractivity (Wildman–Crippen MR) is 102 cm³/mol. The molecular formula is C22H21NO3. The summed E-state index contributed by atoms with van der Waals surface area (Å²) in [5.74, 6) is -0.186. The molecule has 4 nitrogen and oxygen atoms in total. The fraction of sp³-hybridized carbons (Fsp3) is 0.182. The SMILES string of the molecule is CC(C)(C)c1coc(C(=O)Nc2cccc(C(=O)c3ccccc3)c2)c1. The molecule has 0 aliphatic carbocycles. The molecule has 26 heavy (non-hydrogen) atoms. The van der Waals surface area contributed by atoms with E-state index in [1.807, 2.05) is 18.2 Å². The van der Waals surface area contributed by atoms with E-state index in [1.165, 1.54) is 0 Å². The standard InChI is InChI=1S/C22H21NO3/c1-22(2,3)17-13-19(26-14-17)21(25)23-18-11-7-10-16(12-18)20(24)15-8-5-4-6-9-15/h4-14H,1-3H3,(H,23,25). The molecule has 1 amide bonds. The first-order valence-electron chi connectivity index (χ1n) is 8.45. The normalized spacial score (nSPS) is 11.2. The maximum Gasteiger partial charge on any atom is 0.291 e. The van der Waals surface area contributed by atoms with E-state index in [0.29, 0.717) is 16.8 Å². The lowest BCUT2D eigenvalue weighted by molar-refractivity contribution is 0.0994. The Kier molecular flexibility index (Phi) is 4.76. The number of rotatable bonds is 4. The van der Waals surface area contributed by atoms with Crippen LogP contribution in [0.1, 0.15) is 52.8 Å². The third-order valence-corrected chi connectivity index (χ3v) is 4.11. The molecule has 0 fully saturated rings. The van der Waals surface area contributed by atoms with Crippen molar-refractivity contribution < 1.29 is 14.0 Å². The molecule has 0 aliphatic heterocycles. The van der Waals surface area contributed by atoms with Crippen molar-refractivity contribution in [1.82, 2.24) is 0 Å². The molecule has 4 heteroatoms. The first-order valence-corrected chi connectivity index (χ1v) is 8.45. The number of ketones is 1. The van der Waals surface area contributed by atoms with Gasteiger partial charge < -0.3 is 9.73 Å². The summed E-state index contributed by atoms with van der Waals surface area (Å²) in [6.45, 7) is 6.16. The summed E-state index contributed by atoms with van der Waals surface area (Å²) < 4.78 is 5.39. The highest BCUT2D eigenvalue weighted by molar-refractivity contribution is 6.10. The second kappa shape index (κ2) is 7.00. The minimum Gasteiger partial charge on any atom is -0.459 e. The predicted octanol–water partition coefficient (Wildman–Crippen LogP) is 5.06. The fourth-order valence-electron chi connectivity index (χ4n) is 2.54. The van der Waals surface area contributed by atoms with E-state index in [1.54, 1.807) is 48.7 Å². The number of hydrogen-bond donors (Lipinski definition) is 1. The molecule has 1 N–H and O–H groups in total. The summed E-state index contributed by atoms with van der Waals surface area (Å²) in [5.41, 5.74) is 2.53. The van der Waals surface area contributed by atoms with Crippen LogP contribution in [0.5, 0.6) is 0 Å². The third kappa shape index (κ3) is 3.91. The molecule has 1 aromatic heterocycles. The van der Waals surface area contributed by atoms with E-state index in [0.717, 1.165) is 5.56 Å². The highest BCUT2D eigenvalue weighted by atomic mass is 16.3. The molecule has 0 saturated heterocycles. The molecule has 0 saturated carbocycles. The lowest BCUT2D eigenvalue weighted by Crippen LogP contribution is -2.13. The zero-order valence-corrected chi connectivity index (χ0v) is 15.1. The summed E-state index contributed by atoms with van der Waals surface area (Å²) >= 11 is 0. The number of carbonyl (C=O) groups excluding carboxylic acids is 2. The van der Waals surface area contributed by atoms with Crippen LogP contribution < -0.4 is 5.32 Å². The van der Waals surface area contributed by atoms with E-state index in [2.05, 4.69) is 26.1 Å². The highest BCUT2D eigenvalue weighted by Gasteiger charge is 2.20. The van der Waals surface area contributed by atoms with E-state index < -0.39 is 0 Å². The van der Waals surface area contributed by atoms with E-state index in [9.17, 15) is 9.59 Å². The van der Waals surface area contributed by atoms with Crippen LogP contribution in [0.25, 0.3) is 0 Å². The van der Waals surface area contributed by atoms with Crippen molar-refractivity contribution in [3.8, 4) is 0 Å². The Balaban J connectivity index is 1.77. The van der Waals surface area contributed by atoms with E-state index >= 15 is 0 Å². The van der Waals surface area contributed by atoms with Crippen molar-refractivity contribution in [2.75, 3.05) is 5.32 Å². The summed E-state index contributed by atoms with van der Waals surface area (Å²) in [6.07, 6.45) is 1.60. The van der Waals surface area contributed by atoms with Gasteiger partial charge in [0.2, 0.25) is 0 Å². The van der Waals surface area contributed by atoms with Gasteiger partial charge in [0.25, 0.3) is 5.91 Å². The van der Waals surface area contributed by atoms with Gasteiger partial charge in [0.15, 0.2) is 11.5 Å². The number of amides is 1. The van der Waals surface area contributed by atoms with Gasteiger partial charge in [0.05, 0.1) is 6.26 Å². The zero-order chi connectivity index (χ0) is 18.7. The maximum atomic E-state index is 12.5. The summed E-state index contributed by atoms with van der Waals surface area (Å²) in [7, 11) is 0. The average molecular weight is 347 g/mol. The topological polar surface area (TPSA) is 59.3 Å². The Morgan fingerprint density at radius 2 is 1.58 bits per heavy atom. The van der Waals surface area contributed by atoms with Crippen LogP contribution in [0, 0.1) is 0 Å². The van der Waals surface area contributed by atoms with Crippen molar-refractivity contribution in [2.24, 2.45) is 0 Å². The number of nitrogens with one attached hydrogen (secondary N) is 1. The minimum absolute atomic E-state index is 0.0882. The van der Waals surface area contributed by atoms with Gasteiger partial charge in [-0.05, 0) is 29.2 Å². The molecular weight excluding hydrogens is 326 g/mol. The van der Waals surface area contributed by atoms with Gasteiger partial charge in [-0.3, -0.25) is 9.59 Å². The number of furan rings is 1. The second-order valence-electron chi connectivity index (χ2n) is 7.18. The van der Waals surface area contributed by atoms with Crippen molar-refractivity contribution in [1.29, 1.82) is 0 Å². The lowest BCUT2D eigenvalue weighted by atomic mass is 9.89. The largest absolute Gasteiger partial charge is 0.459 e. The van der Waals surface area contributed by atoms with Gasteiger partial charge in [-0.1, -0.05) is 63.2 Å². The Morgan fingerprint density at radius 1 is 0.885 bits per heavy atom. The smallest absolute Gasteiger partial charge is 0.291 e. The van der Waals surface area contributed by atoms with Crippen molar-refractivity contribution in [3.63, 3.8) is 0 Å². The van der Waals surface area contributed by atoms with Crippen LogP contribution >= 0.6 is 0 Å². The highest BCUT2D eigenvalue weighted by Crippen LogP contribution is 2.25. The fourth-order valence-corrected chi connectivity index (χ4v) is 2.54. The van der Waals surface area contributed by atoms with Crippen LogP contribution in [0.15, 0.2) is 71.3 Å². The Labute approximate surface area is 152 Å². The Hall–Kier alpha value is -3.14. The van der Waals surface area contributed by atoms with Gasteiger partial charge in [-0.25, -0.2) is 0 Å². The molecule has 2 aromatic carbocycles. The Morgan fingerprint density at radius 3 is 2.23 bits per heavy atom. The first kappa shape index (κ1) is 17.7. The van der Waals surface area contributed by atoms with Crippen LogP contribution in [0.4, 0.5) is 5.69 Å². The lowest BCUT2D eigenvalue weighted by Gasteiger charge is -2.14.